The van der Waals surface area contributed by atoms with E-state index < -0.39 is 0 Å². The number of anilines is 1. The van der Waals surface area contributed by atoms with Crippen LogP contribution in [0.25, 0.3) is 11.2 Å². The van der Waals surface area contributed by atoms with Gasteiger partial charge in [-0.2, -0.15) is 0 Å². The van der Waals surface area contributed by atoms with Gasteiger partial charge in [-0.3, -0.25) is 4.57 Å². The fourth-order valence-corrected chi connectivity index (χ4v) is 2.81. The maximum Gasteiger partial charge on any atom is 0.191 e. The van der Waals surface area contributed by atoms with Gasteiger partial charge in [-0.25, -0.2) is 15.0 Å². The van der Waals surface area contributed by atoms with Crippen molar-refractivity contribution in [2.75, 3.05) is 12.0 Å². The molecule has 0 aliphatic heterocycles. The Kier molecular flexibility index (Phi) is 3.62. The van der Waals surface area contributed by atoms with Crippen LogP contribution in [0.4, 0.5) is 5.82 Å². The van der Waals surface area contributed by atoms with Gasteiger partial charge in [0.05, 0.1) is 6.54 Å². The fourth-order valence-electron chi connectivity index (χ4n) is 1.97. The molecule has 0 bridgehead atoms. The van der Waals surface area contributed by atoms with E-state index in [0.29, 0.717) is 27.8 Å². The minimum atomic E-state index is 0.409. The van der Waals surface area contributed by atoms with Crippen molar-refractivity contribution in [3.05, 3.63) is 40.6 Å². The van der Waals surface area contributed by atoms with Crippen LogP contribution in [0.2, 0.25) is 0 Å². The molecule has 0 aliphatic rings. The van der Waals surface area contributed by atoms with E-state index in [1.807, 2.05) is 29.0 Å². The van der Waals surface area contributed by atoms with Crippen molar-refractivity contribution in [1.82, 2.24) is 19.5 Å². The lowest BCUT2D eigenvalue weighted by atomic mass is 10.2. The first-order chi connectivity index (χ1) is 9.69. The molecule has 0 fully saturated rings. The number of thioether (sulfide) groups is 1. The van der Waals surface area contributed by atoms with Crippen LogP contribution in [0.1, 0.15) is 5.56 Å². The van der Waals surface area contributed by atoms with Crippen molar-refractivity contribution >= 4 is 44.7 Å². The zero-order chi connectivity index (χ0) is 14.1. The SMILES string of the molecule is CSc1nc(N)c2nc(Br)n(Cc3ccccc3)c2n1. The van der Waals surface area contributed by atoms with E-state index in [1.54, 1.807) is 0 Å². The topological polar surface area (TPSA) is 69.6 Å². The number of imidazole rings is 1. The molecule has 3 aromatic rings. The lowest BCUT2D eigenvalue weighted by Gasteiger charge is -2.06. The number of nitrogens with two attached hydrogens (primary N) is 1. The summed E-state index contributed by atoms with van der Waals surface area (Å²) in [5.41, 5.74) is 8.50. The number of aromatic nitrogens is 4. The van der Waals surface area contributed by atoms with Gasteiger partial charge in [0.1, 0.15) is 0 Å². The minimum Gasteiger partial charge on any atom is -0.382 e. The lowest BCUT2D eigenvalue weighted by Crippen LogP contribution is -2.03. The molecule has 0 aliphatic carbocycles. The van der Waals surface area contributed by atoms with Crippen LogP contribution in [0, 0.1) is 0 Å². The number of rotatable bonds is 3. The fraction of sp³-hybridized carbons (Fsp3) is 0.154. The number of hydrogen-bond donors (Lipinski definition) is 1. The van der Waals surface area contributed by atoms with Crippen molar-refractivity contribution < 1.29 is 0 Å². The molecule has 20 heavy (non-hydrogen) atoms. The lowest BCUT2D eigenvalue weighted by molar-refractivity contribution is 0.783. The Morgan fingerprint density at radius 2 is 1.95 bits per heavy atom. The van der Waals surface area contributed by atoms with Gasteiger partial charge in [0.15, 0.2) is 26.9 Å². The highest BCUT2D eigenvalue weighted by Crippen LogP contribution is 2.25. The number of nitrogen functional groups attached to an aromatic ring is 1. The second-order valence-electron chi connectivity index (χ2n) is 4.22. The maximum absolute atomic E-state index is 5.95. The van der Waals surface area contributed by atoms with E-state index in [4.69, 9.17) is 5.73 Å². The Hall–Kier alpha value is -1.60. The largest absolute Gasteiger partial charge is 0.382 e. The van der Waals surface area contributed by atoms with Gasteiger partial charge in [0, 0.05) is 0 Å². The average Bonchev–Trinajstić information content (AvgIpc) is 2.77. The zero-order valence-corrected chi connectivity index (χ0v) is 13.1. The Morgan fingerprint density at radius 1 is 1.20 bits per heavy atom. The molecule has 0 radical (unpaired) electrons. The molecule has 5 nitrogen and oxygen atoms in total. The molecule has 1 aromatic carbocycles. The van der Waals surface area contributed by atoms with Gasteiger partial charge in [-0.05, 0) is 27.7 Å². The van der Waals surface area contributed by atoms with E-state index in [2.05, 4.69) is 43.0 Å². The molecule has 2 aromatic heterocycles. The number of nitrogens with zero attached hydrogens (tertiary/aromatic N) is 4. The summed E-state index contributed by atoms with van der Waals surface area (Å²) in [4.78, 5) is 13.1. The van der Waals surface area contributed by atoms with Crippen LogP contribution in [0.3, 0.4) is 0 Å². The average molecular weight is 350 g/mol. The van der Waals surface area contributed by atoms with Crippen molar-refractivity contribution in [2.24, 2.45) is 0 Å². The summed E-state index contributed by atoms with van der Waals surface area (Å²) in [5, 5.41) is 0.650. The van der Waals surface area contributed by atoms with Crippen molar-refractivity contribution in [3.63, 3.8) is 0 Å². The number of benzene rings is 1. The highest BCUT2D eigenvalue weighted by Gasteiger charge is 2.15. The molecule has 2 heterocycles. The highest BCUT2D eigenvalue weighted by molar-refractivity contribution is 9.10. The van der Waals surface area contributed by atoms with Crippen LogP contribution in [-0.4, -0.2) is 25.8 Å². The summed E-state index contributed by atoms with van der Waals surface area (Å²) in [6.07, 6.45) is 1.92. The third kappa shape index (κ3) is 2.38. The third-order valence-electron chi connectivity index (χ3n) is 2.92. The van der Waals surface area contributed by atoms with Crippen LogP contribution < -0.4 is 5.73 Å². The Bertz CT molecular complexity index is 756. The predicted molar refractivity (Wildman–Crippen MR) is 84.8 cm³/mol. The van der Waals surface area contributed by atoms with E-state index in [-0.39, 0.29) is 0 Å². The van der Waals surface area contributed by atoms with Gasteiger partial charge in [-0.1, -0.05) is 42.1 Å². The van der Waals surface area contributed by atoms with Gasteiger partial charge < -0.3 is 5.73 Å². The quantitative estimate of drug-likeness (QED) is 0.447. The monoisotopic (exact) mass is 349 g/mol. The zero-order valence-electron chi connectivity index (χ0n) is 10.7. The van der Waals surface area contributed by atoms with Crippen LogP contribution >= 0.6 is 27.7 Å². The van der Waals surface area contributed by atoms with Gasteiger partial charge >= 0.3 is 0 Å². The highest BCUT2D eigenvalue weighted by atomic mass is 79.9. The predicted octanol–water partition coefficient (Wildman–Crippen LogP) is 2.94. The second kappa shape index (κ2) is 5.41. The van der Waals surface area contributed by atoms with Crippen molar-refractivity contribution in [1.29, 1.82) is 0 Å². The number of fused-ring (bicyclic) bond motifs is 1. The van der Waals surface area contributed by atoms with E-state index >= 15 is 0 Å². The molecule has 0 saturated carbocycles. The van der Waals surface area contributed by atoms with E-state index in [0.717, 1.165) is 5.65 Å². The molecular weight excluding hydrogens is 338 g/mol. The first-order valence-corrected chi connectivity index (χ1v) is 7.98. The van der Waals surface area contributed by atoms with Crippen molar-refractivity contribution in [2.45, 2.75) is 11.7 Å². The minimum absolute atomic E-state index is 0.409. The summed E-state index contributed by atoms with van der Waals surface area (Å²) in [6, 6.07) is 10.2. The molecule has 0 unspecified atom stereocenters. The first-order valence-electron chi connectivity index (χ1n) is 5.96. The van der Waals surface area contributed by atoms with Crippen LogP contribution in [0.15, 0.2) is 40.2 Å². The summed E-state index contributed by atoms with van der Waals surface area (Å²) in [6.45, 7) is 0.683. The number of halogens is 1. The molecule has 0 spiro atoms. The van der Waals surface area contributed by atoms with Crippen LogP contribution in [0.5, 0.6) is 0 Å². The van der Waals surface area contributed by atoms with Crippen LogP contribution in [-0.2, 0) is 6.54 Å². The molecule has 0 amide bonds. The normalized spacial score (nSPS) is 11.1. The molecule has 0 atom stereocenters. The summed E-state index contributed by atoms with van der Waals surface area (Å²) in [5.74, 6) is 0.409. The molecular formula is C13H12BrN5S. The summed E-state index contributed by atoms with van der Waals surface area (Å²) >= 11 is 4.93. The summed E-state index contributed by atoms with van der Waals surface area (Å²) in [7, 11) is 0. The van der Waals surface area contributed by atoms with Crippen molar-refractivity contribution in [3.8, 4) is 0 Å². The second-order valence-corrected chi connectivity index (χ2v) is 5.70. The standard InChI is InChI=1S/C13H12BrN5S/c1-20-13-17-10(15)9-11(18-13)19(12(14)16-9)7-8-5-3-2-4-6-8/h2-6H,7H2,1H3,(H2,15,17,18). The van der Waals surface area contributed by atoms with Gasteiger partial charge in [0.2, 0.25) is 0 Å². The third-order valence-corrected chi connectivity index (χ3v) is 4.07. The Morgan fingerprint density at radius 3 is 2.65 bits per heavy atom. The molecule has 102 valence electrons. The molecule has 2 N–H and O–H groups in total. The smallest absolute Gasteiger partial charge is 0.191 e. The maximum atomic E-state index is 5.95. The van der Waals surface area contributed by atoms with E-state index in [9.17, 15) is 0 Å². The van der Waals surface area contributed by atoms with E-state index in [1.165, 1.54) is 17.3 Å². The van der Waals surface area contributed by atoms with Gasteiger partial charge in [0.25, 0.3) is 0 Å². The molecule has 7 heteroatoms. The summed E-state index contributed by atoms with van der Waals surface area (Å²) < 4.78 is 2.69. The molecule has 0 saturated heterocycles. The van der Waals surface area contributed by atoms with Gasteiger partial charge in [-0.15, -0.1) is 0 Å². The Labute approximate surface area is 128 Å². The number of hydrogen-bond acceptors (Lipinski definition) is 5. The Balaban J connectivity index is 2.14. The molecule has 3 rings (SSSR count). The first kappa shape index (κ1) is 13.4.